The molecule has 0 aliphatic carbocycles. The Morgan fingerprint density at radius 2 is 1.78 bits per heavy atom. The Kier molecular flexibility index (Phi) is 6.24. The van der Waals surface area contributed by atoms with Gasteiger partial charge < -0.3 is 19.5 Å². The molecule has 1 aliphatic heterocycles. The molecule has 1 atom stereocenters. The largest absolute Gasteiger partial charge is 0.506 e. The number of rotatable bonds is 4. The van der Waals surface area contributed by atoms with E-state index in [-0.39, 0.29) is 11.6 Å². The van der Waals surface area contributed by atoms with Gasteiger partial charge in [0.25, 0.3) is 5.69 Å². The van der Waals surface area contributed by atoms with Gasteiger partial charge in [-0.05, 0) is 51.3 Å². The Balaban J connectivity index is 2.07. The monoisotopic (exact) mass is 380 g/mol. The van der Waals surface area contributed by atoms with Gasteiger partial charge in [-0.2, -0.15) is 0 Å². The van der Waals surface area contributed by atoms with Gasteiger partial charge in [-0.15, -0.1) is 0 Å². The van der Waals surface area contributed by atoms with Crippen molar-refractivity contribution in [2.75, 3.05) is 13.1 Å². The summed E-state index contributed by atoms with van der Waals surface area (Å²) in [5, 5.41) is 19.9. The van der Waals surface area contributed by atoms with Crippen LogP contribution < -0.4 is 0 Å². The normalized spacial score (nSPS) is 16.5. The van der Waals surface area contributed by atoms with E-state index in [1.165, 1.54) is 24.3 Å². The maximum Gasteiger partial charge on any atom is 0.506 e. The van der Waals surface area contributed by atoms with Crippen LogP contribution >= 0.6 is 0 Å². The molecular weight excluding hydrogens is 356 g/mol. The summed E-state index contributed by atoms with van der Waals surface area (Å²) in [6.45, 7) is 6.23. The van der Waals surface area contributed by atoms with E-state index in [0.29, 0.717) is 31.5 Å². The number of carbonyl (C=O) groups is 2. The van der Waals surface area contributed by atoms with Crippen LogP contribution in [0.1, 0.15) is 45.3 Å². The van der Waals surface area contributed by atoms with Gasteiger partial charge in [0.15, 0.2) is 0 Å². The molecule has 1 unspecified atom stereocenters. The minimum Gasteiger partial charge on any atom is -0.450 e. The Labute approximate surface area is 157 Å². The summed E-state index contributed by atoms with van der Waals surface area (Å²) in [4.78, 5) is 35.1. The highest BCUT2D eigenvalue weighted by Gasteiger charge is 2.33. The predicted octanol–water partition coefficient (Wildman–Crippen LogP) is 3.98. The van der Waals surface area contributed by atoms with E-state index in [1.54, 1.807) is 25.7 Å². The maximum atomic E-state index is 12.2. The SMILES string of the molecule is CC(C)(C)OC(=O)N1CCC(C(OC(=O)O)c2ccc([N+](=O)[O-])cc2)CC1. The first-order chi connectivity index (χ1) is 12.6. The molecule has 0 spiro atoms. The van der Waals surface area contributed by atoms with E-state index in [2.05, 4.69) is 0 Å². The number of likely N-dealkylation sites (tertiary alicyclic amines) is 1. The molecule has 0 aromatic heterocycles. The Bertz CT molecular complexity index is 689. The highest BCUT2D eigenvalue weighted by molar-refractivity contribution is 5.68. The van der Waals surface area contributed by atoms with E-state index < -0.39 is 28.9 Å². The Morgan fingerprint density at radius 3 is 2.22 bits per heavy atom. The molecule has 148 valence electrons. The lowest BCUT2D eigenvalue weighted by molar-refractivity contribution is -0.384. The van der Waals surface area contributed by atoms with Crippen LogP contribution in [-0.2, 0) is 9.47 Å². The molecule has 1 aliphatic rings. The van der Waals surface area contributed by atoms with Crippen molar-refractivity contribution in [2.45, 2.75) is 45.3 Å². The minimum absolute atomic E-state index is 0.0763. The number of carbonyl (C=O) groups excluding carboxylic acids is 1. The second kappa shape index (κ2) is 8.24. The van der Waals surface area contributed by atoms with Crippen LogP contribution in [0.3, 0.4) is 0 Å². The third kappa shape index (κ3) is 5.83. The van der Waals surface area contributed by atoms with Gasteiger partial charge in [0, 0.05) is 31.1 Å². The zero-order valence-electron chi connectivity index (χ0n) is 15.6. The van der Waals surface area contributed by atoms with Crippen molar-refractivity contribution < 1.29 is 29.1 Å². The maximum absolute atomic E-state index is 12.2. The van der Waals surface area contributed by atoms with Crippen LogP contribution in [0.15, 0.2) is 24.3 Å². The number of hydrogen-bond donors (Lipinski definition) is 1. The zero-order chi connectivity index (χ0) is 20.2. The molecular formula is C18H24N2O7. The number of benzene rings is 1. The molecule has 0 bridgehead atoms. The number of piperidine rings is 1. The molecule has 1 aromatic carbocycles. The number of nitrogens with zero attached hydrogens (tertiary/aromatic N) is 2. The van der Waals surface area contributed by atoms with Gasteiger partial charge in [-0.3, -0.25) is 10.1 Å². The molecule has 1 heterocycles. The van der Waals surface area contributed by atoms with Crippen LogP contribution in [0.5, 0.6) is 0 Å². The summed E-state index contributed by atoms with van der Waals surface area (Å²) in [5.41, 5.74) is -0.104. The summed E-state index contributed by atoms with van der Waals surface area (Å²) in [6.07, 6.45) is -1.48. The van der Waals surface area contributed by atoms with E-state index >= 15 is 0 Å². The molecule has 2 rings (SSSR count). The lowest BCUT2D eigenvalue weighted by atomic mass is 9.87. The summed E-state index contributed by atoms with van der Waals surface area (Å²) in [7, 11) is 0. The number of nitro groups is 1. The van der Waals surface area contributed by atoms with Gasteiger partial charge in [0.05, 0.1) is 4.92 Å². The fourth-order valence-electron chi connectivity index (χ4n) is 3.04. The topological polar surface area (TPSA) is 119 Å². The summed E-state index contributed by atoms with van der Waals surface area (Å²) in [5.74, 6) is -0.138. The van der Waals surface area contributed by atoms with Gasteiger partial charge in [0.2, 0.25) is 0 Å². The van der Waals surface area contributed by atoms with E-state index in [4.69, 9.17) is 14.6 Å². The number of ether oxygens (including phenoxy) is 2. The molecule has 0 radical (unpaired) electrons. The lowest BCUT2D eigenvalue weighted by Gasteiger charge is -2.36. The van der Waals surface area contributed by atoms with Crippen LogP contribution in [0.2, 0.25) is 0 Å². The Hall–Kier alpha value is -2.84. The van der Waals surface area contributed by atoms with Gasteiger partial charge in [0.1, 0.15) is 11.7 Å². The number of non-ortho nitro benzene ring substituents is 1. The average Bonchev–Trinajstić information content (AvgIpc) is 2.58. The second-order valence-corrected chi connectivity index (χ2v) is 7.46. The standard InChI is InChI=1S/C18H24N2O7/c1-18(2,3)27-16(21)19-10-8-13(9-11-19)15(26-17(22)23)12-4-6-14(7-5-12)20(24)25/h4-7,13,15H,8-11H2,1-3H3,(H,22,23). The molecule has 1 fully saturated rings. The quantitative estimate of drug-likeness (QED) is 0.476. The van der Waals surface area contributed by atoms with Gasteiger partial charge >= 0.3 is 12.2 Å². The van der Waals surface area contributed by atoms with E-state index in [1.807, 2.05) is 0 Å². The van der Waals surface area contributed by atoms with Crippen molar-refractivity contribution in [1.29, 1.82) is 0 Å². The molecule has 9 heteroatoms. The second-order valence-electron chi connectivity index (χ2n) is 7.46. The highest BCUT2D eigenvalue weighted by atomic mass is 16.7. The highest BCUT2D eigenvalue weighted by Crippen LogP contribution is 2.35. The van der Waals surface area contributed by atoms with Crippen molar-refractivity contribution in [3.63, 3.8) is 0 Å². The first-order valence-corrected chi connectivity index (χ1v) is 8.68. The lowest BCUT2D eigenvalue weighted by Crippen LogP contribution is -2.42. The summed E-state index contributed by atoms with van der Waals surface area (Å²) < 4.78 is 10.4. The first kappa shape index (κ1) is 20.5. The van der Waals surface area contributed by atoms with Crippen molar-refractivity contribution >= 4 is 17.9 Å². The average molecular weight is 380 g/mol. The number of nitro benzene ring substituents is 1. The van der Waals surface area contributed by atoms with Crippen LogP contribution in [-0.4, -0.2) is 45.9 Å². The summed E-state index contributed by atoms with van der Waals surface area (Å²) in [6, 6.07) is 5.66. The zero-order valence-corrected chi connectivity index (χ0v) is 15.6. The van der Waals surface area contributed by atoms with Crippen LogP contribution in [0.25, 0.3) is 0 Å². The van der Waals surface area contributed by atoms with E-state index in [9.17, 15) is 19.7 Å². The molecule has 27 heavy (non-hydrogen) atoms. The predicted molar refractivity (Wildman–Crippen MR) is 95.5 cm³/mol. The molecule has 0 saturated carbocycles. The van der Waals surface area contributed by atoms with Crippen molar-refractivity contribution in [3.8, 4) is 0 Å². The first-order valence-electron chi connectivity index (χ1n) is 8.68. The van der Waals surface area contributed by atoms with Crippen LogP contribution in [0, 0.1) is 16.0 Å². The van der Waals surface area contributed by atoms with Crippen molar-refractivity contribution in [3.05, 3.63) is 39.9 Å². The van der Waals surface area contributed by atoms with E-state index in [0.717, 1.165) is 0 Å². The van der Waals surface area contributed by atoms with Crippen molar-refractivity contribution in [1.82, 2.24) is 4.90 Å². The molecule has 1 amide bonds. The molecule has 1 N–H and O–H groups in total. The third-order valence-electron chi connectivity index (χ3n) is 4.28. The number of amides is 1. The van der Waals surface area contributed by atoms with Gasteiger partial charge in [-0.25, -0.2) is 9.59 Å². The Morgan fingerprint density at radius 1 is 1.22 bits per heavy atom. The molecule has 1 saturated heterocycles. The van der Waals surface area contributed by atoms with Crippen molar-refractivity contribution in [2.24, 2.45) is 5.92 Å². The fourth-order valence-corrected chi connectivity index (χ4v) is 3.04. The fraction of sp³-hybridized carbons (Fsp3) is 0.556. The summed E-state index contributed by atoms with van der Waals surface area (Å²) >= 11 is 0. The van der Waals surface area contributed by atoms with Crippen LogP contribution in [0.4, 0.5) is 15.3 Å². The molecule has 9 nitrogen and oxygen atoms in total. The smallest absolute Gasteiger partial charge is 0.450 e. The minimum atomic E-state index is -1.41. The molecule has 1 aromatic rings. The van der Waals surface area contributed by atoms with Gasteiger partial charge in [-0.1, -0.05) is 0 Å². The number of carboxylic acid groups (broad SMARTS) is 1. The number of hydrogen-bond acceptors (Lipinski definition) is 6. The third-order valence-corrected chi connectivity index (χ3v) is 4.28.